The molecule has 1 aliphatic heterocycles. The highest BCUT2D eigenvalue weighted by atomic mass is 16.5. The van der Waals surface area contributed by atoms with Crippen LogP contribution in [0.3, 0.4) is 0 Å². The number of amides is 2. The smallest absolute Gasteiger partial charge is 0.319 e. The van der Waals surface area contributed by atoms with Crippen molar-refractivity contribution in [2.45, 2.75) is 19.4 Å². The molecule has 2 amide bonds. The highest BCUT2D eigenvalue weighted by molar-refractivity contribution is 5.74. The molecule has 0 aliphatic carbocycles. The fourth-order valence-electron chi connectivity index (χ4n) is 1.39. The molecule has 0 bridgehead atoms. The second-order valence-electron chi connectivity index (χ2n) is 3.43. The molecule has 0 aromatic rings. The van der Waals surface area contributed by atoms with Crippen LogP contribution in [0.5, 0.6) is 0 Å². The van der Waals surface area contributed by atoms with Crippen LogP contribution in [0, 0.1) is 0 Å². The van der Waals surface area contributed by atoms with Crippen LogP contribution in [0.2, 0.25) is 0 Å². The number of ether oxygens (including phenoxy) is 1. The van der Waals surface area contributed by atoms with Crippen LogP contribution in [-0.2, 0) is 4.74 Å². The molecule has 1 rings (SSSR count). The van der Waals surface area contributed by atoms with E-state index >= 15 is 0 Å². The van der Waals surface area contributed by atoms with Crippen LogP contribution in [0.25, 0.3) is 0 Å². The Hall–Kier alpha value is -0.770. The van der Waals surface area contributed by atoms with E-state index in [9.17, 15) is 4.79 Å². The highest BCUT2D eigenvalue weighted by Crippen LogP contribution is 2.11. The molecule has 1 aliphatic rings. The molecule has 0 aromatic heterocycles. The van der Waals surface area contributed by atoms with Crippen molar-refractivity contribution >= 4 is 6.03 Å². The van der Waals surface area contributed by atoms with Gasteiger partial charge in [-0.1, -0.05) is 0 Å². The molecule has 1 atom stereocenters. The summed E-state index contributed by atoms with van der Waals surface area (Å²) in [6, 6.07) is 0.347. The summed E-state index contributed by atoms with van der Waals surface area (Å²) < 4.78 is 5.23. The highest BCUT2D eigenvalue weighted by Gasteiger charge is 2.25. The van der Waals surface area contributed by atoms with E-state index in [1.165, 1.54) is 0 Å². The molecule has 0 N–H and O–H groups in total. The fraction of sp³-hybridized carbons (Fsp3) is 0.889. The minimum absolute atomic E-state index is 0.0815. The number of likely N-dealkylation sites (N-methyl/N-ethyl adjacent to an activating group) is 1. The third-order valence-electron chi connectivity index (χ3n) is 2.56. The Morgan fingerprint density at radius 2 is 2.23 bits per heavy atom. The van der Waals surface area contributed by atoms with E-state index in [1.807, 2.05) is 21.0 Å². The van der Waals surface area contributed by atoms with Gasteiger partial charge in [-0.15, -0.1) is 0 Å². The van der Waals surface area contributed by atoms with Gasteiger partial charge in [0.2, 0.25) is 0 Å². The Bertz CT molecular complexity index is 178. The van der Waals surface area contributed by atoms with Gasteiger partial charge in [0.1, 0.15) is 0 Å². The maximum Gasteiger partial charge on any atom is 0.319 e. The Kier molecular flexibility index (Phi) is 3.54. The second-order valence-corrected chi connectivity index (χ2v) is 3.43. The number of urea groups is 1. The van der Waals surface area contributed by atoms with Crippen LogP contribution < -0.4 is 0 Å². The molecule has 0 radical (unpaired) electrons. The molecule has 1 saturated heterocycles. The average molecular weight is 186 g/mol. The van der Waals surface area contributed by atoms with Gasteiger partial charge >= 0.3 is 6.03 Å². The Labute approximate surface area is 79.4 Å². The summed E-state index contributed by atoms with van der Waals surface area (Å²) in [7, 11) is 3.66. The number of carbonyl (C=O) groups excluding carboxylic acids is 1. The maximum absolute atomic E-state index is 11.7. The molecule has 4 nitrogen and oxygen atoms in total. The SMILES string of the molecule is CCN(C)C(=O)N(C)C1CCOC1. The Morgan fingerprint density at radius 3 is 2.69 bits per heavy atom. The minimum atomic E-state index is 0.0815. The zero-order valence-corrected chi connectivity index (χ0v) is 8.62. The van der Waals surface area contributed by atoms with Crippen LogP contribution in [0.1, 0.15) is 13.3 Å². The molecule has 0 spiro atoms. The maximum atomic E-state index is 11.7. The first kappa shape index (κ1) is 10.3. The van der Waals surface area contributed by atoms with E-state index in [0.29, 0.717) is 6.61 Å². The first-order chi connectivity index (χ1) is 6.16. The first-order valence-electron chi connectivity index (χ1n) is 4.72. The molecule has 0 aromatic carbocycles. The van der Waals surface area contributed by atoms with Gasteiger partial charge in [0.25, 0.3) is 0 Å². The van der Waals surface area contributed by atoms with Crippen molar-refractivity contribution in [3.05, 3.63) is 0 Å². The first-order valence-corrected chi connectivity index (χ1v) is 4.72. The predicted octanol–water partition coefficient (Wildman–Crippen LogP) is 0.779. The lowest BCUT2D eigenvalue weighted by molar-refractivity contribution is 0.140. The molecule has 13 heavy (non-hydrogen) atoms. The molecule has 1 unspecified atom stereocenters. The van der Waals surface area contributed by atoms with Gasteiger partial charge in [-0.3, -0.25) is 0 Å². The summed E-state index contributed by atoms with van der Waals surface area (Å²) in [6.07, 6.45) is 0.958. The van der Waals surface area contributed by atoms with Gasteiger partial charge in [-0.25, -0.2) is 4.79 Å². The summed E-state index contributed by atoms with van der Waals surface area (Å²) in [4.78, 5) is 15.1. The van der Waals surface area contributed by atoms with Crippen molar-refractivity contribution in [1.82, 2.24) is 9.80 Å². The van der Waals surface area contributed by atoms with Gasteiger partial charge in [-0.05, 0) is 13.3 Å². The molecule has 4 heteroatoms. The average Bonchev–Trinajstić information content (AvgIpc) is 2.67. The van der Waals surface area contributed by atoms with Crippen molar-refractivity contribution < 1.29 is 9.53 Å². The number of carbonyl (C=O) groups is 1. The number of nitrogens with zero attached hydrogens (tertiary/aromatic N) is 2. The monoisotopic (exact) mass is 186 g/mol. The van der Waals surface area contributed by atoms with Gasteiger partial charge in [0.05, 0.1) is 12.6 Å². The normalized spacial score (nSPS) is 21.6. The summed E-state index contributed by atoms with van der Waals surface area (Å²) in [5.74, 6) is 0. The summed E-state index contributed by atoms with van der Waals surface area (Å²) in [5.41, 5.74) is 0. The summed E-state index contributed by atoms with van der Waals surface area (Å²) in [5, 5.41) is 0. The Morgan fingerprint density at radius 1 is 1.54 bits per heavy atom. The van der Waals surface area contributed by atoms with Crippen molar-refractivity contribution in [1.29, 1.82) is 0 Å². The van der Waals surface area contributed by atoms with Crippen LogP contribution in [0.4, 0.5) is 4.79 Å². The van der Waals surface area contributed by atoms with Crippen molar-refractivity contribution in [3.63, 3.8) is 0 Å². The van der Waals surface area contributed by atoms with Gasteiger partial charge in [0.15, 0.2) is 0 Å². The topological polar surface area (TPSA) is 32.8 Å². The van der Waals surface area contributed by atoms with Gasteiger partial charge in [-0.2, -0.15) is 0 Å². The minimum Gasteiger partial charge on any atom is -0.379 e. The fourth-order valence-corrected chi connectivity index (χ4v) is 1.39. The van der Waals surface area contributed by atoms with E-state index in [2.05, 4.69) is 0 Å². The molecular formula is C9H18N2O2. The zero-order valence-electron chi connectivity index (χ0n) is 8.62. The van der Waals surface area contributed by atoms with Crippen LogP contribution in [-0.4, -0.2) is 55.7 Å². The van der Waals surface area contributed by atoms with E-state index in [-0.39, 0.29) is 12.1 Å². The van der Waals surface area contributed by atoms with Crippen molar-refractivity contribution in [2.24, 2.45) is 0 Å². The van der Waals surface area contributed by atoms with E-state index in [0.717, 1.165) is 19.6 Å². The quantitative estimate of drug-likeness (QED) is 0.638. The third-order valence-corrected chi connectivity index (χ3v) is 2.56. The van der Waals surface area contributed by atoms with Crippen LogP contribution >= 0.6 is 0 Å². The van der Waals surface area contributed by atoms with E-state index < -0.39 is 0 Å². The lowest BCUT2D eigenvalue weighted by Crippen LogP contribution is -2.44. The number of hydrogen-bond donors (Lipinski definition) is 0. The number of rotatable bonds is 2. The van der Waals surface area contributed by atoms with Crippen LogP contribution in [0.15, 0.2) is 0 Å². The van der Waals surface area contributed by atoms with Crippen molar-refractivity contribution in [3.8, 4) is 0 Å². The zero-order chi connectivity index (χ0) is 9.84. The lowest BCUT2D eigenvalue weighted by Gasteiger charge is -2.27. The summed E-state index contributed by atoms with van der Waals surface area (Å²) in [6.45, 7) is 4.17. The second kappa shape index (κ2) is 4.46. The van der Waals surface area contributed by atoms with Crippen molar-refractivity contribution in [2.75, 3.05) is 33.9 Å². The third kappa shape index (κ3) is 2.34. The molecule has 0 saturated carbocycles. The largest absolute Gasteiger partial charge is 0.379 e. The van der Waals surface area contributed by atoms with Gasteiger partial charge in [0, 0.05) is 27.2 Å². The number of hydrogen-bond acceptors (Lipinski definition) is 2. The molecule has 76 valence electrons. The van der Waals surface area contributed by atoms with E-state index in [1.54, 1.807) is 9.80 Å². The Balaban J connectivity index is 2.45. The summed E-state index contributed by atoms with van der Waals surface area (Å²) >= 11 is 0. The molecule has 1 heterocycles. The standard InChI is InChI=1S/C9H18N2O2/c1-4-10(2)9(12)11(3)8-5-6-13-7-8/h8H,4-7H2,1-3H3. The molecular weight excluding hydrogens is 168 g/mol. The van der Waals surface area contributed by atoms with E-state index in [4.69, 9.17) is 4.74 Å². The molecule has 1 fully saturated rings. The lowest BCUT2D eigenvalue weighted by atomic mass is 10.2. The predicted molar refractivity (Wildman–Crippen MR) is 50.7 cm³/mol. The van der Waals surface area contributed by atoms with Gasteiger partial charge < -0.3 is 14.5 Å².